The minimum atomic E-state index is 0.624. The summed E-state index contributed by atoms with van der Waals surface area (Å²) in [5.74, 6) is 0.982. The Kier molecular flexibility index (Phi) is 4.77. The average Bonchev–Trinajstić information content (AvgIpc) is 2.37. The van der Waals surface area contributed by atoms with Crippen molar-refractivity contribution in [1.29, 1.82) is 0 Å². The first-order chi connectivity index (χ1) is 9.10. The van der Waals surface area contributed by atoms with Crippen molar-refractivity contribution in [3.05, 3.63) is 23.9 Å². The Labute approximate surface area is 116 Å². The molecule has 19 heavy (non-hydrogen) atoms. The van der Waals surface area contributed by atoms with Gasteiger partial charge in [0.2, 0.25) is 0 Å². The van der Waals surface area contributed by atoms with Crippen LogP contribution >= 0.6 is 0 Å². The number of rotatable bonds is 4. The van der Waals surface area contributed by atoms with Crippen LogP contribution in [0.2, 0.25) is 0 Å². The van der Waals surface area contributed by atoms with E-state index in [4.69, 9.17) is 0 Å². The van der Waals surface area contributed by atoms with Gasteiger partial charge in [-0.3, -0.25) is 9.80 Å². The molecule has 0 spiro atoms. The maximum Gasteiger partial charge on any atom is 0.126 e. The zero-order chi connectivity index (χ0) is 13.8. The summed E-state index contributed by atoms with van der Waals surface area (Å²) < 4.78 is 0. The molecule has 0 bridgehead atoms. The van der Waals surface area contributed by atoms with E-state index in [-0.39, 0.29) is 0 Å². The third-order valence-electron chi connectivity index (χ3n) is 4.02. The highest BCUT2D eigenvalue weighted by Crippen LogP contribution is 2.17. The molecule has 0 aromatic carbocycles. The lowest BCUT2D eigenvalue weighted by molar-refractivity contribution is 0.0556. The van der Waals surface area contributed by atoms with Crippen molar-refractivity contribution in [2.75, 3.05) is 32.0 Å². The van der Waals surface area contributed by atoms with Gasteiger partial charge < -0.3 is 5.32 Å². The number of pyridine rings is 1. The van der Waals surface area contributed by atoms with Gasteiger partial charge in [0.15, 0.2) is 0 Å². The quantitative estimate of drug-likeness (QED) is 0.900. The molecule has 0 amide bonds. The van der Waals surface area contributed by atoms with Crippen LogP contribution in [-0.4, -0.2) is 53.5 Å². The van der Waals surface area contributed by atoms with E-state index in [2.05, 4.69) is 60.1 Å². The van der Waals surface area contributed by atoms with Crippen LogP contribution in [0.3, 0.4) is 0 Å². The number of anilines is 1. The van der Waals surface area contributed by atoms with Crippen molar-refractivity contribution in [1.82, 2.24) is 14.8 Å². The van der Waals surface area contributed by atoms with Gasteiger partial charge in [-0.2, -0.15) is 0 Å². The molecule has 1 fully saturated rings. The van der Waals surface area contributed by atoms with Crippen LogP contribution in [0.1, 0.15) is 26.3 Å². The third-order valence-corrected chi connectivity index (χ3v) is 4.02. The van der Waals surface area contributed by atoms with Crippen molar-refractivity contribution in [3.63, 3.8) is 0 Å². The van der Waals surface area contributed by atoms with Crippen molar-refractivity contribution in [2.45, 2.75) is 39.4 Å². The first kappa shape index (κ1) is 14.3. The van der Waals surface area contributed by atoms with E-state index in [0.29, 0.717) is 12.1 Å². The smallest absolute Gasteiger partial charge is 0.126 e. The number of nitrogens with zero attached hydrogens (tertiary/aromatic N) is 3. The maximum absolute atomic E-state index is 4.33. The molecular weight excluding hydrogens is 236 g/mol. The van der Waals surface area contributed by atoms with Crippen molar-refractivity contribution in [2.24, 2.45) is 0 Å². The van der Waals surface area contributed by atoms with Crippen molar-refractivity contribution >= 4 is 5.82 Å². The van der Waals surface area contributed by atoms with Crippen LogP contribution in [0.15, 0.2) is 18.3 Å². The molecule has 1 aromatic heterocycles. The van der Waals surface area contributed by atoms with Gasteiger partial charge in [-0.25, -0.2) is 4.98 Å². The zero-order valence-electron chi connectivity index (χ0n) is 12.6. The Morgan fingerprint density at radius 2 is 2.00 bits per heavy atom. The van der Waals surface area contributed by atoms with Crippen LogP contribution in [-0.2, 0) is 6.54 Å². The van der Waals surface area contributed by atoms with E-state index in [0.717, 1.165) is 32.0 Å². The SMILES string of the molecule is CCNc1cc(CN2CC(C)N(C)C(C)C2)ccn1. The molecule has 1 aromatic rings. The first-order valence-electron chi connectivity index (χ1n) is 7.23. The minimum Gasteiger partial charge on any atom is -0.370 e. The van der Waals surface area contributed by atoms with Gasteiger partial charge in [0.05, 0.1) is 0 Å². The standard InChI is InChI=1S/C15H26N4/c1-5-16-15-8-14(6-7-17-15)11-19-9-12(2)18(4)13(3)10-19/h6-8,12-13H,5,9-11H2,1-4H3,(H,16,17). The van der Waals surface area contributed by atoms with E-state index in [1.54, 1.807) is 0 Å². The predicted octanol–water partition coefficient (Wildman–Crippen LogP) is 2.04. The lowest BCUT2D eigenvalue weighted by atomic mass is 10.1. The lowest BCUT2D eigenvalue weighted by Crippen LogP contribution is -2.54. The van der Waals surface area contributed by atoms with Crippen LogP contribution in [0.25, 0.3) is 0 Å². The molecule has 1 N–H and O–H groups in total. The number of likely N-dealkylation sites (N-methyl/N-ethyl adjacent to an activating group) is 1. The number of aromatic nitrogens is 1. The Morgan fingerprint density at radius 3 is 2.63 bits per heavy atom. The fourth-order valence-electron chi connectivity index (χ4n) is 2.75. The van der Waals surface area contributed by atoms with Crippen LogP contribution in [0.5, 0.6) is 0 Å². The molecule has 2 unspecified atom stereocenters. The zero-order valence-corrected chi connectivity index (χ0v) is 12.6. The van der Waals surface area contributed by atoms with Gasteiger partial charge in [-0.1, -0.05) is 0 Å². The molecule has 1 saturated heterocycles. The number of hydrogen-bond donors (Lipinski definition) is 1. The van der Waals surface area contributed by atoms with Gasteiger partial charge in [0, 0.05) is 44.5 Å². The summed E-state index contributed by atoms with van der Waals surface area (Å²) in [6.45, 7) is 10.9. The van der Waals surface area contributed by atoms with E-state index in [1.165, 1.54) is 5.56 Å². The molecule has 0 radical (unpaired) electrons. The van der Waals surface area contributed by atoms with Crippen LogP contribution < -0.4 is 5.32 Å². The normalized spacial score (nSPS) is 25.5. The lowest BCUT2D eigenvalue weighted by Gasteiger charge is -2.42. The van der Waals surface area contributed by atoms with Gasteiger partial charge in [0.25, 0.3) is 0 Å². The predicted molar refractivity (Wildman–Crippen MR) is 80.4 cm³/mol. The third kappa shape index (κ3) is 3.67. The topological polar surface area (TPSA) is 31.4 Å². The molecule has 4 nitrogen and oxygen atoms in total. The molecule has 106 valence electrons. The summed E-state index contributed by atoms with van der Waals surface area (Å²) >= 11 is 0. The Morgan fingerprint density at radius 1 is 1.32 bits per heavy atom. The molecule has 2 heterocycles. The fourth-order valence-corrected chi connectivity index (χ4v) is 2.75. The van der Waals surface area contributed by atoms with E-state index in [1.807, 2.05) is 6.20 Å². The number of hydrogen-bond acceptors (Lipinski definition) is 4. The summed E-state index contributed by atoms with van der Waals surface area (Å²) in [4.78, 5) is 9.33. The van der Waals surface area contributed by atoms with E-state index >= 15 is 0 Å². The summed E-state index contributed by atoms with van der Waals surface area (Å²) in [5.41, 5.74) is 1.34. The minimum absolute atomic E-state index is 0.624. The Hall–Kier alpha value is -1.13. The second kappa shape index (κ2) is 6.35. The highest BCUT2D eigenvalue weighted by atomic mass is 15.3. The molecule has 1 aliphatic rings. The van der Waals surface area contributed by atoms with Gasteiger partial charge >= 0.3 is 0 Å². The van der Waals surface area contributed by atoms with Gasteiger partial charge in [-0.15, -0.1) is 0 Å². The maximum atomic E-state index is 4.33. The summed E-state index contributed by atoms with van der Waals surface area (Å²) in [6.07, 6.45) is 1.90. The number of piperazine rings is 1. The second-order valence-electron chi connectivity index (χ2n) is 5.64. The monoisotopic (exact) mass is 262 g/mol. The van der Waals surface area contributed by atoms with Crippen molar-refractivity contribution in [3.8, 4) is 0 Å². The molecule has 0 aliphatic carbocycles. The highest BCUT2D eigenvalue weighted by Gasteiger charge is 2.26. The molecular formula is C15H26N4. The summed E-state index contributed by atoms with van der Waals surface area (Å²) in [5, 5.41) is 3.27. The molecule has 0 saturated carbocycles. The highest BCUT2D eigenvalue weighted by molar-refractivity contribution is 5.37. The summed E-state index contributed by atoms with van der Waals surface area (Å²) in [7, 11) is 2.22. The fraction of sp³-hybridized carbons (Fsp3) is 0.667. The second-order valence-corrected chi connectivity index (χ2v) is 5.64. The van der Waals surface area contributed by atoms with Crippen LogP contribution in [0, 0.1) is 0 Å². The summed E-state index contributed by atoms with van der Waals surface area (Å²) in [6, 6.07) is 5.53. The Bertz CT molecular complexity index is 395. The first-order valence-corrected chi connectivity index (χ1v) is 7.23. The van der Waals surface area contributed by atoms with Gasteiger partial charge in [-0.05, 0) is 45.5 Å². The number of nitrogens with one attached hydrogen (secondary N) is 1. The van der Waals surface area contributed by atoms with Crippen LogP contribution in [0.4, 0.5) is 5.82 Å². The van der Waals surface area contributed by atoms with E-state index < -0.39 is 0 Å². The van der Waals surface area contributed by atoms with Crippen molar-refractivity contribution < 1.29 is 0 Å². The molecule has 2 atom stereocenters. The molecule has 2 rings (SSSR count). The van der Waals surface area contributed by atoms with E-state index in [9.17, 15) is 0 Å². The van der Waals surface area contributed by atoms with Gasteiger partial charge in [0.1, 0.15) is 5.82 Å². The molecule has 4 heteroatoms. The molecule has 1 aliphatic heterocycles. The average molecular weight is 262 g/mol. The largest absolute Gasteiger partial charge is 0.370 e. The Balaban J connectivity index is 1.99.